The lowest BCUT2D eigenvalue weighted by molar-refractivity contribution is 0.326. The molecule has 1 aliphatic carbocycles. The lowest BCUT2D eigenvalue weighted by atomic mass is 10.3. The van der Waals surface area contributed by atoms with Crippen molar-refractivity contribution in [1.29, 1.82) is 0 Å². The number of nitrogens with zero attached hydrogens (tertiary/aromatic N) is 2. The number of benzene rings is 1. The molecule has 2 aromatic rings. The number of hydrogen-bond donors (Lipinski definition) is 1. The molecule has 1 aliphatic heterocycles. The molecule has 1 unspecified atom stereocenters. The van der Waals surface area contributed by atoms with Gasteiger partial charge in [0, 0.05) is 30.2 Å². The molecule has 1 saturated carbocycles. The van der Waals surface area contributed by atoms with Crippen molar-refractivity contribution >= 4 is 38.3 Å². The number of likely N-dealkylation sites (tertiary alicyclic amines) is 1. The number of aromatic nitrogens is 1. The Labute approximate surface area is 121 Å². The van der Waals surface area contributed by atoms with Gasteiger partial charge in [0.05, 0.1) is 10.2 Å². The molecule has 2 heterocycles. The van der Waals surface area contributed by atoms with Gasteiger partial charge >= 0.3 is 0 Å². The van der Waals surface area contributed by atoms with E-state index < -0.39 is 0 Å². The maximum atomic E-state index is 6.00. The van der Waals surface area contributed by atoms with E-state index in [2.05, 4.69) is 15.2 Å². The van der Waals surface area contributed by atoms with E-state index >= 15 is 0 Å². The van der Waals surface area contributed by atoms with E-state index in [0.717, 1.165) is 21.7 Å². The highest BCUT2D eigenvalue weighted by Gasteiger charge is 2.34. The number of halogens is 1. The molecule has 0 radical (unpaired) electrons. The largest absolute Gasteiger partial charge is 0.357 e. The summed E-state index contributed by atoms with van der Waals surface area (Å²) < 4.78 is 1.20. The van der Waals surface area contributed by atoms with Gasteiger partial charge in [-0.05, 0) is 37.5 Å². The summed E-state index contributed by atoms with van der Waals surface area (Å²) in [5.74, 6) is 0. The Kier molecular flexibility index (Phi) is 2.90. The van der Waals surface area contributed by atoms with Crippen molar-refractivity contribution in [2.75, 3.05) is 18.4 Å². The first kappa shape index (κ1) is 11.9. The topological polar surface area (TPSA) is 28.2 Å². The van der Waals surface area contributed by atoms with Gasteiger partial charge < -0.3 is 5.32 Å². The summed E-state index contributed by atoms with van der Waals surface area (Å²) in [7, 11) is 0. The Morgan fingerprint density at radius 1 is 1.32 bits per heavy atom. The third-order valence-corrected chi connectivity index (χ3v) is 5.16. The average molecular weight is 294 g/mol. The zero-order valence-corrected chi connectivity index (χ0v) is 12.2. The standard InChI is InChI=1S/C14H16ClN3S/c15-9-1-4-13-12(7-9)17-14(19-13)16-10-5-6-18(8-10)11-2-3-11/h1,4,7,10-11H,2-3,5-6,8H2,(H,16,17). The second-order valence-electron chi connectivity index (χ2n) is 5.49. The number of thiazole rings is 1. The highest BCUT2D eigenvalue weighted by Crippen LogP contribution is 2.32. The van der Waals surface area contributed by atoms with Crippen molar-refractivity contribution in [1.82, 2.24) is 9.88 Å². The SMILES string of the molecule is Clc1ccc2sc(NC3CCN(C4CC4)C3)nc2c1. The third-order valence-electron chi connectivity index (χ3n) is 3.96. The number of nitrogens with one attached hydrogen (secondary N) is 1. The molecule has 0 bridgehead atoms. The van der Waals surface area contributed by atoms with Gasteiger partial charge in [0.15, 0.2) is 5.13 Å². The highest BCUT2D eigenvalue weighted by molar-refractivity contribution is 7.22. The molecule has 1 aromatic heterocycles. The highest BCUT2D eigenvalue weighted by atomic mass is 35.5. The smallest absolute Gasteiger partial charge is 0.184 e. The van der Waals surface area contributed by atoms with Crippen molar-refractivity contribution in [2.45, 2.75) is 31.3 Å². The predicted molar refractivity (Wildman–Crippen MR) is 81.3 cm³/mol. The molecule has 3 nitrogen and oxygen atoms in total. The van der Waals surface area contributed by atoms with Crippen LogP contribution >= 0.6 is 22.9 Å². The normalized spacial score (nSPS) is 24.2. The van der Waals surface area contributed by atoms with E-state index in [4.69, 9.17) is 11.6 Å². The molecule has 4 rings (SSSR count). The maximum absolute atomic E-state index is 6.00. The summed E-state index contributed by atoms with van der Waals surface area (Å²) in [5, 5.41) is 5.37. The molecule has 5 heteroatoms. The van der Waals surface area contributed by atoms with E-state index in [0.29, 0.717) is 6.04 Å². The number of anilines is 1. The minimum atomic E-state index is 0.552. The molecule has 2 fully saturated rings. The number of fused-ring (bicyclic) bond motifs is 1. The van der Waals surface area contributed by atoms with Crippen LogP contribution in [-0.2, 0) is 0 Å². The third kappa shape index (κ3) is 2.45. The molecule has 100 valence electrons. The average Bonchev–Trinajstić information content (AvgIpc) is 3.01. The summed E-state index contributed by atoms with van der Waals surface area (Å²) in [5.41, 5.74) is 0.997. The van der Waals surface area contributed by atoms with Gasteiger partial charge in [-0.25, -0.2) is 4.98 Å². The van der Waals surface area contributed by atoms with Crippen LogP contribution in [0.25, 0.3) is 10.2 Å². The van der Waals surface area contributed by atoms with E-state index in [1.165, 1.54) is 37.1 Å². The molecule has 1 saturated heterocycles. The van der Waals surface area contributed by atoms with Gasteiger partial charge in [-0.15, -0.1) is 0 Å². The fourth-order valence-electron chi connectivity index (χ4n) is 2.81. The van der Waals surface area contributed by atoms with Crippen molar-refractivity contribution in [3.63, 3.8) is 0 Å². The first-order chi connectivity index (χ1) is 9.28. The Hall–Kier alpha value is -0.840. The van der Waals surface area contributed by atoms with E-state index in [9.17, 15) is 0 Å². The van der Waals surface area contributed by atoms with Gasteiger partial charge in [0.25, 0.3) is 0 Å². The predicted octanol–water partition coefficient (Wildman–Crippen LogP) is 3.60. The van der Waals surface area contributed by atoms with Crippen molar-refractivity contribution < 1.29 is 0 Å². The molecule has 1 aromatic carbocycles. The van der Waals surface area contributed by atoms with Crippen LogP contribution in [0.3, 0.4) is 0 Å². The summed E-state index contributed by atoms with van der Waals surface area (Å²) in [6.45, 7) is 2.40. The minimum Gasteiger partial charge on any atom is -0.357 e. The molecule has 1 atom stereocenters. The second kappa shape index (κ2) is 4.62. The first-order valence-electron chi connectivity index (χ1n) is 6.84. The van der Waals surface area contributed by atoms with Gasteiger partial charge in [-0.3, -0.25) is 4.90 Å². The summed E-state index contributed by atoms with van der Waals surface area (Å²) >= 11 is 7.72. The van der Waals surface area contributed by atoms with Crippen molar-refractivity contribution in [3.8, 4) is 0 Å². The Morgan fingerprint density at radius 3 is 3.05 bits per heavy atom. The van der Waals surface area contributed by atoms with Crippen LogP contribution in [0.5, 0.6) is 0 Å². The van der Waals surface area contributed by atoms with E-state index in [-0.39, 0.29) is 0 Å². The molecule has 1 N–H and O–H groups in total. The minimum absolute atomic E-state index is 0.552. The van der Waals surface area contributed by atoms with Gasteiger partial charge in [0.1, 0.15) is 0 Å². The number of rotatable bonds is 3. The number of hydrogen-bond acceptors (Lipinski definition) is 4. The quantitative estimate of drug-likeness (QED) is 0.937. The van der Waals surface area contributed by atoms with Gasteiger partial charge in [-0.1, -0.05) is 22.9 Å². The maximum Gasteiger partial charge on any atom is 0.184 e. The van der Waals surface area contributed by atoms with Crippen LogP contribution in [0.2, 0.25) is 5.02 Å². The Balaban J connectivity index is 1.48. The Morgan fingerprint density at radius 2 is 2.21 bits per heavy atom. The lowest BCUT2D eigenvalue weighted by Gasteiger charge is -2.15. The molecule has 19 heavy (non-hydrogen) atoms. The van der Waals surface area contributed by atoms with Gasteiger partial charge in [0.2, 0.25) is 0 Å². The zero-order valence-electron chi connectivity index (χ0n) is 10.6. The van der Waals surface area contributed by atoms with Crippen LogP contribution in [0.1, 0.15) is 19.3 Å². The summed E-state index contributed by atoms with van der Waals surface area (Å²) in [4.78, 5) is 7.24. The Bertz CT molecular complexity index is 608. The van der Waals surface area contributed by atoms with Crippen LogP contribution in [-0.4, -0.2) is 35.1 Å². The second-order valence-corrected chi connectivity index (χ2v) is 6.95. The molecular formula is C14H16ClN3S. The van der Waals surface area contributed by atoms with E-state index in [1.807, 2.05) is 18.2 Å². The molecular weight excluding hydrogens is 278 g/mol. The molecule has 2 aliphatic rings. The fraction of sp³-hybridized carbons (Fsp3) is 0.500. The van der Waals surface area contributed by atoms with Crippen LogP contribution in [0.15, 0.2) is 18.2 Å². The van der Waals surface area contributed by atoms with E-state index in [1.54, 1.807) is 11.3 Å². The van der Waals surface area contributed by atoms with Crippen LogP contribution in [0.4, 0.5) is 5.13 Å². The fourth-order valence-corrected chi connectivity index (χ4v) is 3.90. The molecule has 0 amide bonds. The lowest BCUT2D eigenvalue weighted by Crippen LogP contribution is -2.27. The van der Waals surface area contributed by atoms with Crippen LogP contribution < -0.4 is 5.32 Å². The van der Waals surface area contributed by atoms with Crippen molar-refractivity contribution in [3.05, 3.63) is 23.2 Å². The van der Waals surface area contributed by atoms with Crippen molar-refractivity contribution in [2.24, 2.45) is 0 Å². The first-order valence-corrected chi connectivity index (χ1v) is 8.04. The summed E-state index contributed by atoms with van der Waals surface area (Å²) in [6.07, 6.45) is 4.02. The van der Waals surface area contributed by atoms with Gasteiger partial charge in [-0.2, -0.15) is 0 Å². The zero-order chi connectivity index (χ0) is 12.8. The van der Waals surface area contributed by atoms with Crippen LogP contribution in [0, 0.1) is 0 Å². The molecule has 0 spiro atoms. The summed E-state index contributed by atoms with van der Waals surface area (Å²) in [6, 6.07) is 7.34. The monoisotopic (exact) mass is 293 g/mol.